The van der Waals surface area contributed by atoms with Crippen molar-refractivity contribution in [1.82, 2.24) is 14.3 Å². The molecular formula is C31H31FN4O3S. The van der Waals surface area contributed by atoms with Gasteiger partial charge in [-0.05, 0) is 72.6 Å². The molecule has 3 aromatic carbocycles. The second kappa shape index (κ2) is 10.6. The molecule has 2 aliphatic rings. The van der Waals surface area contributed by atoms with E-state index in [1.165, 1.54) is 18.2 Å². The highest BCUT2D eigenvalue weighted by molar-refractivity contribution is 7.89. The van der Waals surface area contributed by atoms with Gasteiger partial charge in [0.15, 0.2) is 0 Å². The molecule has 1 saturated carbocycles. The predicted molar refractivity (Wildman–Crippen MR) is 151 cm³/mol. The molecule has 3 unspecified atom stereocenters. The SMILES string of the molecule is Cn1ccnc1CN(C(=O)C1CC1c1ccccc1)c1ccc2c(c1)C(NS(=O)(=O)c1ccccc1F)CCC2. The molecule has 1 fully saturated rings. The Hall–Kier alpha value is -3.82. The van der Waals surface area contributed by atoms with Gasteiger partial charge in [0, 0.05) is 37.1 Å². The Morgan fingerprint density at radius 1 is 1.10 bits per heavy atom. The van der Waals surface area contributed by atoms with E-state index in [4.69, 9.17) is 0 Å². The number of nitrogens with zero attached hydrogens (tertiary/aromatic N) is 3. The number of hydrogen-bond acceptors (Lipinski definition) is 4. The van der Waals surface area contributed by atoms with Gasteiger partial charge in [-0.2, -0.15) is 0 Å². The first-order valence-electron chi connectivity index (χ1n) is 13.5. The van der Waals surface area contributed by atoms with E-state index in [0.29, 0.717) is 18.7 Å². The van der Waals surface area contributed by atoms with Gasteiger partial charge in [-0.1, -0.05) is 48.5 Å². The van der Waals surface area contributed by atoms with Crippen molar-refractivity contribution >= 4 is 21.6 Å². The fraction of sp³-hybridized carbons (Fsp3) is 0.290. The Balaban J connectivity index is 1.32. The van der Waals surface area contributed by atoms with Crippen LogP contribution in [-0.2, 0) is 34.8 Å². The summed E-state index contributed by atoms with van der Waals surface area (Å²) in [7, 11) is -2.19. The Kier molecular flexibility index (Phi) is 7.02. The molecule has 0 saturated heterocycles. The number of aromatic nitrogens is 2. The van der Waals surface area contributed by atoms with Crippen molar-refractivity contribution < 1.29 is 17.6 Å². The third kappa shape index (κ3) is 5.19. The summed E-state index contributed by atoms with van der Waals surface area (Å²) in [5.74, 6) is 0.0319. The summed E-state index contributed by atoms with van der Waals surface area (Å²) in [6, 6.07) is 20.8. The number of nitrogens with one attached hydrogen (secondary N) is 1. The average Bonchev–Trinajstić information content (AvgIpc) is 3.66. The molecule has 0 aliphatic heterocycles. The maximum Gasteiger partial charge on any atom is 0.244 e. The molecule has 1 N–H and O–H groups in total. The number of carbonyl (C=O) groups excluding carboxylic acids is 1. The summed E-state index contributed by atoms with van der Waals surface area (Å²) in [6.07, 6.45) is 6.53. The van der Waals surface area contributed by atoms with E-state index < -0.39 is 21.9 Å². The maximum atomic E-state index is 14.4. The molecule has 2 aliphatic carbocycles. The van der Waals surface area contributed by atoms with Gasteiger partial charge in [0.25, 0.3) is 0 Å². The topological polar surface area (TPSA) is 84.3 Å². The van der Waals surface area contributed by atoms with Gasteiger partial charge in [0.05, 0.1) is 6.54 Å². The molecule has 1 aromatic heterocycles. The van der Waals surface area contributed by atoms with Crippen molar-refractivity contribution in [1.29, 1.82) is 0 Å². The molecule has 0 spiro atoms. The minimum absolute atomic E-state index is 0.0242. The number of rotatable bonds is 8. The molecule has 6 rings (SSSR count). The van der Waals surface area contributed by atoms with Crippen molar-refractivity contribution in [3.05, 3.63) is 114 Å². The maximum absolute atomic E-state index is 14.4. The number of halogens is 1. The van der Waals surface area contributed by atoms with Gasteiger partial charge in [0.2, 0.25) is 15.9 Å². The van der Waals surface area contributed by atoms with Crippen molar-refractivity contribution in [3.63, 3.8) is 0 Å². The molecule has 9 heteroatoms. The zero-order valence-electron chi connectivity index (χ0n) is 22.2. The monoisotopic (exact) mass is 558 g/mol. The molecule has 206 valence electrons. The summed E-state index contributed by atoms with van der Waals surface area (Å²) >= 11 is 0. The largest absolute Gasteiger partial charge is 0.337 e. The molecule has 1 amide bonds. The van der Waals surface area contributed by atoms with E-state index in [-0.39, 0.29) is 22.6 Å². The number of benzene rings is 3. The van der Waals surface area contributed by atoms with Gasteiger partial charge in [-0.25, -0.2) is 22.5 Å². The predicted octanol–water partition coefficient (Wildman–Crippen LogP) is 5.25. The quantitative estimate of drug-likeness (QED) is 0.320. The van der Waals surface area contributed by atoms with E-state index >= 15 is 0 Å². The van der Waals surface area contributed by atoms with Crippen LogP contribution in [0.15, 0.2) is 90.1 Å². The van der Waals surface area contributed by atoms with E-state index in [0.717, 1.165) is 47.8 Å². The number of carbonyl (C=O) groups is 1. The number of amides is 1. The van der Waals surface area contributed by atoms with Crippen molar-refractivity contribution in [2.75, 3.05) is 4.90 Å². The van der Waals surface area contributed by atoms with Gasteiger partial charge in [-0.15, -0.1) is 0 Å². The third-order valence-electron chi connectivity index (χ3n) is 8.00. The third-order valence-corrected chi connectivity index (χ3v) is 9.51. The minimum atomic E-state index is -4.09. The van der Waals surface area contributed by atoms with Crippen LogP contribution in [0.3, 0.4) is 0 Å². The first-order chi connectivity index (χ1) is 19.3. The number of hydrogen-bond donors (Lipinski definition) is 1. The Morgan fingerprint density at radius 3 is 2.62 bits per heavy atom. The highest BCUT2D eigenvalue weighted by atomic mass is 32.2. The van der Waals surface area contributed by atoms with E-state index in [2.05, 4.69) is 21.8 Å². The molecule has 3 atom stereocenters. The number of anilines is 1. The summed E-state index contributed by atoms with van der Waals surface area (Å²) < 4.78 is 45.3. The summed E-state index contributed by atoms with van der Waals surface area (Å²) in [4.78, 5) is 19.8. The van der Waals surface area contributed by atoms with Crippen LogP contribution >= 0.6 is 0 Å². The molecule has 0 radical (unpaired) electrons. The first kappa shape index (κ1) is 26.4. The van der Waals surface area contributed by atoms with Gasteiger partial charge in [0.1, 0.15) is 16.5 Å². The highest BCUT2D eigenvalue weighted by Gasteiger charge is 2.46. The van der Waals surface area contributed by atoms with Crippen LogP contribution in [0.2, 0.25) is 0 Å². The van der Waals surface area contributed by atoms with Gasteiger partial charge in [-0.3, -0.25) is 4.79 Å². The van der Waals surface area contributed by atoms with Crippen molar-refractivity contribution in [2.45, 2.75) is 49.1 Å². The number of fused-ring (bicyclic) bond motifs is 1. The Labute approximate surface area is 233 Å². The summed E-state index contributed by atoms with van der Waals surface area (Å²) in [5, 5.41) is 0. The summed E-state index contributed by atoms with van der Waals surface area (Å²) in [6.45, 7) is 0.296. The number of sulfonamides is 1. The van der Waals surface area contributed by atoms with Crippen molar-refractivity contribution in [3.8, 4) is 0 Å². The molecular weight excluding hydrogens is 527 g/mol. The van der Waals surface area contributed by atoms with Gasteiger partial charge < -0.3 is 9.47 Å². The lowest BCUT2D eigenvalue weighted by molar-refractivity contribution is -0.120. The number of aryl methyl sites for hydroxylation is 2. The molecule has 4 aromatic rings. The first-order valence-corrected chi connectivity index (χ1v) is 15.0. The molecule has 1 heterocycles. The lowest BCUT2D eigenvalue weighted by atomic mass is 9.87. The standard InChI is InChI=1S/C31H31FN4O3S/c1-35-17-16-33-30(35)20-36(31(37)26-19-24(26)21-8-3-2-4-9-21)23-15-14-22-10-7-12-28(25(22)18-23)34-40(38,39)29-13-6-5-11-27(29)32/h2-6,8-9,11,13-18,24,26,28,34H,7,10,12,19-20H2,1H3. The molecule has 40 heavy (non-hydrogen) atoms. The van der Waals surface area contributed by atoms with Gasteiger partial charge >= 0.3 is 0 Å². The molecule has 0 bridgehead atoms. The molecule has 7 nitrogen and oxygen atoms in total. The van der Waals surface area contributed by atoms with Crippen LogP contribution in [0.4, 0.5) is 10.1 Å². The zero-order chi connectivity index (χ0) is 27.9. The van der Waals surface area contributed by atoms with Crippen LogP contribution in [0.1, 0.15) is 53.7 Å². The van der Waals surface area contributed by atoms with E-state index in [1.54, 1.807) is 11.1 Å². The normalized spacial score (nSPS) is 20.1. The minimum Gasteiger partial charge on any atom is -0.337 e. The smallest absolute Gasteiger partial charge is 0.244 e. The van der Waals surface area contributed by atoms with E-state index in [1.807, 2.05) is 54.2 Å². The van der Waals surface area contributed by atoms with Crippen LogP contribution in [0.25, 0.3) is 0 Å². The van der Waals surface area contributed by atoms with Crippen LogP contribution in [0, 0.1) is 11.7 Å². The Bertz CT molecular complexity index is 1650. The fourth-order valence-corrected chi connectivity index (χ4v) is 7.04. The van der Waals surface area contributed by atoms with Crippen LogP contribution in [0.5, 0.6) is 0 Å². The number of imidazole rings is 1. The fourth-order valence-electron chi connectivity index (χ4n) is 5.71. The Morgan fingerprint density at radius 2 is 1.88 bits per heavy atom. The highest BCUT2D eigenvalue weighted by Crippen LogP contribution is 2.49. The summed E-state index contributed by atoms with van der Waals surface area (Å²) in [5.41, 5.74) is 3.69. The van der Waals surface area contributed by atoms with E-state index in [9.17, 15) is 17.6 Å². The van der Waals surface area contributed by atoms with Crippen LogP contribution < -0.4 is 9.62 Å². The zero-order valence-corrected chi connectivity index (χ0v) is 23.0. The second-order valence-corrected chi connectivity index (χ2v) is 12.3. The average molecular weight is 559 g/mol. The van der Waals surface area contributed by atoms with Crippen LogP contribution in [-0.4, -0.2) is 23.9 Å². The van der Waals surface area contributed by atoms with Crippen molar-refractivity contribution in [2.24, 2.45) is 13.0 Å². The lowest BCUT2D eigenvalue weighted by Crippen LogP contribution is -2.34. The lowest BCUT2D eigenvalue weighted by Gasteiger charge is -2.29. The second-order valence-electron chi connectivity index (χ2n) is 10.6.